The average Bonchev–Trinajstić information content (AvgIpc) is 1.79. The number of nitrogens with two attached hydrogens (primary N) is 1. The Balaban J connectivity index is 2.09. The van der Waals surface area contributed by atoms with Crippen LogP contribution in [0.4, 0.5) is 0 Å². The van der Waals surface area contributed by atoms with Crippen LogP contribution in [0.5, 0.6) is 0 Å². The monoisotopic (exact) mass is 129 g/mol. The highest BCUT2D eigenvalue weighted by Crippen LogP contribution is 2.34. The van der Waals surface area contributed by atoms with Gasteiger partial charge in [0.1, 0.15) is 0 Å². The molecule has 0 heterocycles. The van der Waals surface area contributed by atoms with Crippen molar-refractivity contribution in [2.45, 2.75) is 31.8 Å². The molecular formula is C7H15NO. The maximum absolute atomic E-state index is 5.49. The van der Waals surface area contributed by atoms with Crippen LogP contribution in [0.25, 0.3) is 0 Å². The van der Waals surface area contributed by atoms with Gasteiger partial charge in [-0.25, -0.2) is 0 Å². The number of ether oxygens (including phenoxy) is 1. The Bertz CT molecular complexity index is 88.9. The zero-order chi connectivity index (χ0) is 6.74. The van der Waals surface area contributed by atoms with Gasteiger partial charge in [-0.05, 0) is 26.2 Å². The van der Waals surface area contributed by atoms with Gasteiger partial charge in [-0.1, -0.05) is 0 Å². The Labute approximate surface area is 56.4 Å². The van der Waals surface area contributed by atoms with E-state index in [1.807, 2.05) is 0 Å². The van der Waals surface area contributed by atoms with E-state index in [0.717, 1.165) is 6.61 Å². The first kappa shape index (κ1) is 7.03. The largest absolute Gasteiger partial charge is 0.374 e. The summed E-state index contributed by atoms with van der Waals surface area (Å²) in [6.07, 6.45) is 3.75. The molecule has 0 saturated heterocycles. The molecule has 1 rings (SSSR count). The fourth-order valence-corrected chi connectivity index (χ4v) is 1.12. The summed E-state index contributed by atoms with van der Waals surface area (Å²) in [4.78, 5) is 0. The summed E-state index contributed by atoms with van der Waals surface area (Å²) in [5, 5.41) is 0. The molecule has 2 nitrogen and oxygen atoms in total. The lowest BCUT2D eigenvalue weighted by molar-refractivity contribution is -0.0819. The minimum atomic E-state index is 0.194. The van der Waals surface area contributed by atoms with Gasteiger partial charge in [0, 0.05) is 6.54 Å². The number of rotatable bonds is 3. The Morgan fingerprint density at radius 3 is 2.56 bits per heavy atom. The molecule has 9 heavy (non-hydrogen) atoms. The normalized spacial score (nSPS) is 23.3. The van der Waals surface area contributed by atoms with Crippen molar-refractivity contribution < 1.29 is 4.74 Å². The van der Waals surface area contributed by atoms with Gasteiger partial charge in [0.25, 0.3) is 0 Å². The van der Waals surface area contributed by atoms with Crippen LogP contribution in [0.3, 0.4) is 0 Å². The van der Waals surface area contributed by atoms with Crippen molar-refractivity contribution in [1.82, 2.24) is 0 Å². The summed E-state index contributed by atoms with van der Waals surface area (Å²) in [5.74, 6) is 0. The third-order valence-corrected chi connectivity index (χ3v) is 1.98. The van der Waals surface area contributed by atoms with Crippen molar-refractivity contribution in [3.63, 3.8) is 0 Å². The molecule has 0 aliphatic heterocycles. The minimum Gasteiger partial charge on any atom is -0.374 e. The topological polar surface area (TPSA) is 35.2 Å². The van der Waals surface area contributed by atoms with Crippen LogP contribution >= 0.6 is 0 Å². The molecule has 0 spiro atoms. The molecule has 0 aromatic rings. The summed E-state index contributed by atoms with van der Waals surface area (Å²) >= 11 is 0. The smallest absolute Gasteiger partial charge is 0.0655 e. The molecule has 1 fully saturated rings. The molecule has 1 saturated carbocycles. The van der Waals surface area contributed by atoms with Crippen LogP contribution in [-0.4, -0.2) is 18.8 Å². The van der Waals surface area contributed by atoms with Crippen molar-refractivity contribution in [1.29, 1.82) is 0 Å². The molecule has 0 aromatic carbocycles. The maximum Gasteiger partial charge on any atom is 0.0655 e. The first-order valence-corrected chi connectivity index (χ1v) is 3.61. The van der Waals surface area contributed by atoms with E-state index in [1.165, 1.54) is 19.3 Å². The maximum atomic E-state index is 5.49. The highest BCUT2D eigenvalue weighted by Gasteiger charge is 2.31. The van der Waals surface area contributed by atoms with E-state index in [2.05, 4.69) is 6.92 Å². The van der Waals surface area contributed by atoms with Crippen LogP contribution in [-0.2, 0) is 4.74 Å². The van der Waals surface area contributed by atoms with E-state index >= 15 is 0 Å². The Morgan fingerprint density at radius 2 is 2.22 bits per heavy atom. The zero-order valence-electron chi connectivity index (χ0n) is 6.02. The Kier molecular flexibility index (Phi) is 2.09. The minimum absolute atomic E-state index is 0.194. The first-order valence-electron chi connectivity index (χ1n) is 3.61. The third kappa shape index (κ3) is 1.66. The van der Waals surface area contributed by atoms with Crippen molar-refractivity contribution in [2.75, 3.05) is 13.2 Å². The molecular weight excluding hydrogens is 114 g/mol. The van der Waals surface area contributed by atoms with Gasteiger partial charge in [0.15, 0.2) is 0 Å². The fourth-order valence-electron chi connectivity index (χ4n) is 1.12. The highest BCUT2D eigenvalue weighted by molar-refractivity contribution is 4.84. The average molecular weight is 129 g/mol. The van der Waals surface area contributed by atoms with Gasteiger partial charge in [0.2, 0.25) is 0 Å². The zero-order valence-corrected chi connectivity index (χ0v) is 6.02. The molecule has 2 heteroatoms. The lowest BCUT2D eigenvalue weighted by Gasteiger charge is -2.38. The number of hydrogen-bond donors (Lipinski definition) is 1. The van der Waals surface area contributed by atoms with E-state index in [0.29, 0.717) is 6.54 Å². The van der Waals surface area contributed by atoms with E-state index in [1.54, 1.807) is 0 Å². The first-order chi connectivity index (χ1) is 4.27. The number of hydrogen-bond acceptors (Lipinski definition) is 2. The van der Waals surface area contributed by atoms with Crippen LogP contribution in [0.2, 0.25) is 0 Å². The molecule has 0 aromatic heterocycles. The second kappa shape index (κ2) is 2.67. The molecule has 2 N–H and O–H groups in total. The third-order valence-electron chi connectivity index (χ3n) is 1.98. The molecule has 1 aliphatic rings. The van der Waals surface area contributed by atoms with Gasteiger partial charge < -0.3 is 10.5 Å². The van der Waals surface area contributed by atoms with E-state index in [4.69, 9.17) is 10.5 Å². The van der Waals surface area contributed by atoms with E-state index in [-0.39, 0.29) is 5.60 Å². The molecule has 0 amide bonds. The molecule has 0 unspecified atom stereocenters. The second-order valence-corrected chi connectivity index (χ2v) is 2.94. The standard InChI is InChI=1S/C7H15NO/c1-7(3-2-4-7)9-6-5-8/h2-6,8H2,1H3. The Morgan fingerprint density at radius 1 is 1.56 bits per heavy atom. The van der Waals surface area contributed by atoms with Crippen LogP contribution in [0.1, 0.15) is 26.2 Å². The van der Waals surface area contributed by atoms with Crippen molar-refractivity contribution in [3.05, 3.63) is 0 Å². The van der Waals surface area contributed by atoms with Gasteiger partial charge in [-0.15, -0.1) is 0 Å². The van der Waals surface area contributed by atoms with Gasteiger partial charge in [-0.2, -0.15) is 0 Å². The molecule has 0 bridgehead atoms. The molecule has 0 radical (unpaired) electrons. The highest BCUT2D eigenvalue weighted by atomic mass is 16.5. The summed E-state index contributed by atoms with van der Waals surface area (Å²) in [7, 11) is 0. The second-order valence-electron chi connectivity index (χ2n) is 2.94. The van der Waals surface area contributed by atoms with E-state index in [9.17, 15) is 0 Å². The SMILES string of the molecule is CC1(OCCN)CCC1. The van der Waals surface area contributed by atoms with Crippen LogP contribution in [0, 0.1) is 0 Å². The lowest BCUT2D eigenvalue weighted by atomic mass is 9.82. The summed E-state index contributed by atoms with van der Waals surface area (Å²) < 4.78 is 5.49. The Hall–Kier alpha value is -0.0800. The summed E-state index contributed by atoms with van der Waals surface area (Å²) in [6, 6.07) is 0. The van der Waals surface area contributed by atoms with Crippen molar-refractivity contribution in [3.8, 4) is 0 Å². The predicted octanol–water partition coefficient (Wildman–Crippen LogP) is 0.904. The van der Waals surface area contributed by atoms with Gasteiger partial charge >= 0.3 is 0 Å². The molecule has 0 atom stereocenters. The predicted molar refractivity (Wildman–Crippen MR) is 37.3 cm³/mol. The quantitative estimate of drug-likeness (QED) is 0.614. The van der Waals surface area contributed by atoms with Crippen LogP contribution < -0.4 is 5.73 Å². The van der Waals surface area contributed by atoms with Gasteiger partial charge in [-0.3, -0.25) is 0 Å². The fraction of sp³-hybridized carbons (Fsp3) is 1.00. The van der Waals surface area contributed by atoms with E-state index < -0.39 is 0 Å². The van der Waals surface area contributed by atoms with Gasteiger partial charge in [0.05, 0.1) is 12.2 Å². The van der Waals surface area contributed by atoms with Crippen molar-refractivity contribution >= 4 is 0 Å². The van der Waals surface area contributed by atoms with Crippen LogP contribution in [0.15, 0.2) is 0 Å². The summed E-state index contributed by atoms with van der Waals surface area (Å²) in [5.41, 5.74) is 5.48. The summed E-state index contributed by atoms with van der Waals surface area (Å²) in [6.45, 7) is 3.53. The molecule has 54 valence electrons. The van der Waals surface area contributed by atoms with Crippen molar-refractivity contribution in [2.24, 2.45) is 5.73 Å². The lowest BCUT2D eigenvalue weighted by Crippen LogP contribution is -2.37. The molecule has 1 aliphatic carbocycles.